The normalized spacial score (nSPS) is 14.3. The average molecular weight is 432 g/mol. The van der Waals surface area contributed by atoms with Crippen molar-refractivity contribution < 1.29 is 9.13 Å². The van der Waals surface area contributed by atoms with Crippen LogP contribution in [0.2, 0.25) is 0 Å². The molecule has 6 nitrogen and oxygen atoms in total. The summed E-state index contributed by atoms with van der Waals surface area (Å²) in [5.74, 6) is 0.0303. The minimum Gasteiger partial charge on any atom is -0.378 e. The second-order valence-corrected chi connectivity index (χ2v) is 8.30. The number of pyridine rings is 2. The largest absolute Gasteiger partial charge is 0.378 e. The van der Waals surface area contributed by atoms with E-state index in [0.717, 1.165) is 71.2 Å². The maximum Gasteiger partial charge on any atom is 0.141 e. The first kappa shape index (κ1) is 20.5. The Kier molecular flexibility index (Phi) is 5.49. The molecule has 1 fully saturated rings. The zero-order chi connectivity index (χ0) is 22.1. The third-order valence-electron chi connectivity index (χ3n) is 5.87. The lowest BCUT2D eigenvalue weighted by molar-refractivity contribution is 0.123. The summed E-state index contributed by atoms with van der Waals surface area (Å²) in [6, 6.07) is 10.5. The molecule has 3 aromatic heterocycles. The summed E-state index contributed by atoms with van der Waals surface area (Å²) in [6.45, 7) is 7.44. The van der Waals surface area contributed by atoms with E-state index in [4.69, 9.17) is 4.74 Å². The number of benzene rings is 1. The molecule has 0 radical (unpaired) electrons. The highest BCUT2D eigenvalue weighted by molar-refractivity contribution is 6.02. The SMILES string of the molecule is CC(C)c1cnc(-c2ccc(F)cc2)cc1Nc1ccnc2[nH]cc(N3CCOCC3)c12. The number of nitrogens with one attached hydrogen (secondary N) is 2. The van der Waals surface area contributed by atoms with E-state index < -0.39 is 0 Å². The molecule has 32 heavy (non-hydrogen) atoms. The van der Waals surface area contributed by atoms with Gasteiger partial charge in [-0.3, -0.25) is 4.98 Å². The van der Waals surface area contributed by atoms with Crippen LogP contribution in [-0.4, -0.2) is 41.3 Å². The van der Waals surface area contributed by atoms with Crippen molar-refractivity contribution in [3.05, 3.63) is 66.4 Å². The van der Waals surface area contributed by atoms with Crippen LogP contribution >= 0.6 is 0 Å². The van der Waals surface area contributed by atoms with Gasteiger partial charge in [0.1, 0.15) is 11.5 Å². The molecule has 5 rings (SSSR count). The standard InChI is InChI=1S/C25H26FN5O/c1-16(2)19-14-28-21(17-3-5-18(26)6-4-17)13-22(19)30-20-7-8-27-25-24(20)23(15-29-25)31-9-11-32-12-10-31/h3-8,13-16H,9-12H2,1-2H3,(H2,27,28,29,30). The summed E-state index contributed by atoms with van der Waals surface area (Å²) in [6.07, 6.45) is 5.74. The van der Waals surface area contributed by atoms with E-state index in [2.05, 4.69) is 39.0 Å². The van der Waals surface area contributed by atoms with Gasteiger partial charge in [0, 0.05) is 42.9 Å². The van der Waals surface area contributed by atoms with Crippen molar-refractivity contribution in [1.82, 2.24) is 15.0 Å². The van der Waals surface area contributed by atoms with Crippen molar-refractivity contribution in [1.29, 1.82) is 0 Å². The average Bonchev–Trinajstić information content (AvgIpc) is 3.25. The van der Waals surface area contributed by atoms with Crippen LogP contribution in [0.25, 0.3) is 22.3 Å². The lowest BCUT2D eigenvalue weighted by Gasteiger charge is -2.28. The summed E-state index contributed by atoms with van der Waals surface area (Å²) in [7, 11) is 0. The van der Waals surface area contributed by atoms with E-state index in [9.17, 15) is 4.39 Å². The van der Waals surface area contributed by atoms with Crippen LogP contribution in [0.4, 0.5) is 21.5 Å². The maximum absolute atomic E-state index is 13.4. The van der Waals surface area contributed by atoms with Gasteiger partial charge in [0.25, 0.3) is 0 Å². The third kappa shape index (κ3) is 3.91. The first-order chi connectivity index (χ1) is 15.6. The highest BCUT2D eigenvalue weighted by atomic mass is 19.1. The summed E-state index contributed by atoms with van der Waals surface area (Å²) in [5.41, 5.74) is 6.72. The fourth-order valence-corrected chi connectivity index (χ4v) is 4.16. The molecule has 1 aliphatic rings. The molecule has 0 spiro atoms. The first-order valence-corrected chi connectivity index (χ1v) is 10.9. The molecule has 164 valence electrons. The lowest BCUT2D eigenvalue weighted by Crippen LogP contribution is -2.36. The Labute approximate surface area is 186 Å². The van der Waals surface area contributed by atoms with E-state index in [-0.39, 0.29) is 11.7 Å². The van der Waals surface area contributed by atoms with Crippen molar-refractivity contribution in [2.75, 3.05) is 36.5 Å². The summed E-state index contributed by atoms with van der Waals surface area (Å²) in [5, 5.41) is 4.71. The van der Waals surface area contributed by atoms with Crippen LogP contribution in [-0.2, 0) is 4.74 Å². The van der Waals surface area contributed by atoms with Gasteiger partial charge in [-0.15, -0.1) is 0 Å². The fourth-order valence-electron chi connectivity index (χ4n) is 4.16. The molecule has 4 aromatic rings. The number of aromatic amines is 1. The van der Waals surface area contributed by atoms with Crippen LogP contribution in [0.1, 0.15) is 25.3 Å². The molecule has 7 heteroatoms. The van der Waals surface area contributed by atoms with Gasteiger partial charge in [0.2, 0.25) is 0 Å². The molecular formula is C25H26FN5O. The molecule has 1 aromatic carbocycles. The second kappa shape index (κ2) is 8.59. The van der Waals surface area contributed by atoms with E-state index in [0.29, 0.717) is 0 Å². The Morgan fingerprint density at radius 1 is 1.06 bits per heavy atom. The number of nitrogens with zero attached hydrogens (tertiary/aromatic N) is 3. The molecule has 0 saturated carbocycles. The van der Waals surface area contributed by atoms with E-state index >= 15 is 0 Å². The van der Waals surface area contributed by atoms with Crippen molar-refractivity contribution in [3.8, 4) is 11.3 Å². The molecule has 2 N–H and O–H groups in total. The van der Waals surface area contributed by atoms with E-state index in [1.165, 1.54) is 12.1 Å². The predicted molar refractivity (Wildman–Crippen MR) is 126 cm³/mol. The molecule has 0 atom stereocenters. The molecule has 0 aliphatic carbocycles. The summed E-state index contributed by atoms with van der Waals surface area (Å²) < 4.78 is 18.9. The van der Waals surface area contributed by atoms with E-state index in [1.54, 1.807) is 18.3 Å². The second-order valence-electron chi connectivity index (χ2n) is 8.30. The van der Waals surface area contributed by atoms with Gasteiger partial charge in [0.15, 0.2) is 0 Å². The number of anilines is 3. The number of aromatic nitrogens is 3. The minimum absolute atomic E-state index is 0.256. The molecule has 0 unspecified atom stereocenters. The number of H-pyrrole nitrogens is 1. The van der Waals surface area contributed by atoms with Crippen LogP contribution in [0.15, 0.2) is 55.0 Å². The highest BCUT2D eigenvalue weighted by Gasteiger charge is 2.19. The molecule has 0 bridgehead atoms. The van der Waals surface area contributed by atoms with Gasteiger partial charge in [-0.1, -0.05) is 13.8 Å². The molecule has 1 aliphatic heterocycles. The van der Waals surface area contributed by atoms with Crippen LogP contribution < -0.4 is 10.2 Å². The number of hydrogen-bond acceptors (Lipinski definition) is 5. The maximum atomic E-state index is 13.4. The number of fused-ring (bicyclic) bond motifs is 1. The Morgan fingerprint density at radius 3 is 2.59 bits per heavy atom. The predicted octanol–water partition coefficient (Wildman–Crippen LogP) is 5.47. The summed E-state index contributed by atoms with van der Waals surface area (Å²) in [4.78, 5) is 14.8. The van der Waals surface area contributed by atoms with Crippen LogP contribution in [0.3, 0.4) is 0 Å². The Balaban J connectivity index is 1.57. The van der Waals surface area contributed by atoms with Crippen LogP contribution in [0, 0.1) is 5.82 Å². The number of hydrogen-bond donors (Lipinski definition) is 2. The quantitative estimate of drug-likeness (QED) is 0.439. The Bertz CT molecular complexity index is 1230. The first-order valence-electron chi connectivity index (χ1n) is 10.9. The zero-order valence-electron chi connectivity index (χ0n) is 18.2. The Morgan fingerprint density at radius 2 is 1.84 bits per heavy atom. The van der Waals surface area contributed by atoms with Crippen molar-refractivity contribution in [2.45, 2.75) is 19.8 Å². The third-order valence-corrected chi connectivity index (χ3v) is 5.87. The smallest absolute Gasteiger partial charge is 0.141 e. The number of rotatable bonds is 5. The monoisotopic (exact) mass is 431 g/mol. The van der Waals surface area contributed by atoms with Gasteiger partial charge in [-0.25, -0.2) is 9.37 Å². The van der Waals surface area contributed by atoms with Crippen molar-refractivity contribution >= 4 is 28.1 Å². The summed E-state index contributed by atoms with van der Waals surface area (Å²) >= 11 is 0. The molecular weight excluding hydrogens is 405 g/mol. The van der Waals surface area contributed by atoms with Crippen molar-refractivity contribution in [2.24, 2.45) is 0 Å². The topological polar surface area (TPSA) is 66.1 Å². The van der Waals surface area contributed by atoms with Crippen molar-refractivity contribution in [3.63, 3.8) is 0 Å². The fraction of sp³-hybridized carbons (Fsp3) is 0.280. The van der Waals surface area contributed by atoms with Gasteiger partial charge in [-0.05, 0) is 47.9 Å². The lowest BCUT2D eigenvalue weighted by atomic mass is 10.0. The molecule has 4 heterocycles. The molecule has 1 saturated heterocycles. The zero-order valence-corrected chi connectivity index (χ0v) is 18.2. The number of morpholine rings is 1. The van der Waals surface area contributed by atoms with Gasteiger partial charge < -0.3 is 19.9 Å². The van der Waals surface area contributed by atoms with Gasteiger partial charge in [-0.2, -0.15) is 0 Å². The number of halogens is 1. The van der Waals surface area contributed by atoms with Gasteiger partial charge in [0.05, 0.1) is 35.7 Å². The minimum atomic E-state index is -0.256. The Hall–Kier alpha value is -3.45. The van der Waals surface area contributed by atoms with E-state index in [1.807, 2.05) is 24.5 Å². The highest BCUT2D eigenvalue weighted by Crippen LogP contribution is 2.36. The van der Waals surface area contributed by atoms with Crippen LogP contribution in [0.5, 0.6) is 0 Å². The number of ether oxygens (including phenoxy) is 1. The molecule has 0 amide bonds. The van der Waals surface area contributed by atoms with Gasteiger partial charge >= 0.3 is 0 Å².